The summed E-state index contributed by atoms with van der Waals surface area (Å²) in [6, 6.07) is 4.61. The number of furan rings is 1. The Labute approximate surface area is 203 Å². The van der Waals surface area contributed by atoms with Crippen molar-refractivity contribution in [3.8, 4) is 17.0 Å². The molecule has 0 atom stereocenters. The lowest BCUT2D eigenvalue weighted by Gasteiger charge is -2.19. The van der Waals surface area contributed by atoms with Crippen molar-refractivity contribution in [3.05, 3.63) is 62.1 Å². The first-order chi connectivity index (χ1) is 16.4. The first-order valence-corrected chi connectivity index (χ1v) is 11.7. The van der Waals surface area contributed by atoms with Crippen LogP contribution in [-0.2, 0) is 25.3 Å². The molecule has 35 heavy (non-hydrogen) atoms. The van der Waals surface area contributed by atoms with Gasteiger partial charge < -0.3 is 14.5 Å². The number of halogens is 1. The van der Waals surface area contributed by atoms with E-state index in [1.54, 1.807) is 17.5 Å². The van der Waals surface area contributed by atoms with Gasteiger partial charge in [-0.05, 0) is 23.6 Å². The minimum atomic E-state index is -0.534. The molecule has 3 aromatic heterocycles. The van der Waals surface area contributed by atoms with E-state index in [-0.39, 0.29) is 28.7 Å². The van der Waals surface area contributed by atoms with Crippen LogP contribution in [0.15, 0.2) is 43.8 Å². The number of nitrogens with zero attached hydrogens (tertiary/aromatic N) is 3. The lowest BCUT2D eigenvalue weighted by Crippen LogP contribution is -2.36. The number of anilines is 1. The molecule has 0 aliphatic rings. The van der Waals surface area contributed by atoms with Crippen LogP contribution in [0, 0.1) is 11.2 Å². The van der Waals surface area contributed by atoms with Crippen molar-refractivity contribution in [2.75, 3.05) is 11.9 Å². The minimum Gasteiger partial charge on any atom is -0.490 e. The van der Waals surface area contributed by atoms with E-state index in [9.17, 15) is 18.8 Å². The van der Waals surface area contributed by atoms with E-state index in [0.29, 0.717) is 28.6 Å². The number of aromatic nitrogens is 3. The number of nitrogens with one attached hydrogen (secondary N) is 1. The third-order valence-electron chi connectivity index (χ3n) is 5.23. The molecular weight excluding hydrogens is 475 g/mol. The average Bonchev–Trinajstić information content (AvgIpc) is 3.42. The molecule has 1 amide bonds. The monoisotopic (exact) mass is 500 g/mol. The van der Waals surface area contributed by atoms with Gasteiger partial charge in [-0.15, -0.1) is 11.3 Å². The molecule has 0 spiro atoms. The van der Waals surface area contributed by atoms with Gasteiger partial charge in [0, 0.05) is 30.6 Å². The molecule has 1 N–H and O–H groups in total. The number of hydrogen-bond donors (Lipinski definition) is 1. The molecule has 0 radical (unpaired) electrons. The highest BCUT2D eigenvalue weighted by Crippen LogP contribution is 2.29. The summed E-state index contributed by atoms with van der Waals surface area (Å²) < 4.78 is 27.6. The van der Waals surface area contributed by atoms with Crippen molar-refractivity contribution in [1.82, 2.24) is 14.1 Å². The van der Waals surface area contributed by atoms with Gasteiger partial charge in [-0.1, -0.05) is 20.8 Å². The molecule has 3 heterocycles. The molecule has 4 aromatic rings. The number of benzene rings is 1. The van der Waals surface area contributed by atoms with Gasteiger partial charge in [0.15, 0.2) is 16.7 Å². The van der Waals surface area contributed by atoms with Crippen LogP contribution in [0.2, 0.25) is 0 Å². The molecular formula is C24H25FN4O5S. The predicted octanol–water partition coefficient (Wildman–Crippen LogP) is 3.70. The van der Waals surface area contributed by atoms with Gasteiger partial charge in [0.25, 0.3) is 5.56 Å². The van der Waals surface area contributed by atoms with Crippen LogP contribution in [0.3, 0.4) is 0 Å². The summed E-state index contributed by atoms with van der Waals surface area (Å²) in [5.41, 5.74) is 0.366. The Balaban J connectivity index is 1.48. The highest BCUT2D eigenvalue weighted by atomic mass is 32.1. The zero-order valence-corrected chi connectivity index (χ0v) is 20.8. The maximum absolute atomic E-state index is 14.5. The van der Waals surface area contributed by atoms with E-state index in [0.717, 1.165) is 4.57 Å². The van der Waals surface area contributed by atoms with E-state index in [4.69, 9.17) is 9.15 Å². The van der Waals surface area contributed by atoms with Crippen molar-refractivity contribution in [2.45, 2.75) is 27.2 Å². The quantitative estimate of drug-likeness (QED) is 0.433. The molecule has 0 unspecified atom stereocenters. The summed E-state index contributed by atoms with van der Waals surface area (Å²) in [7, 11) is 2.85. The Kier molecular flexibility index (Phi) is 6.37. The molecule has 0 aliphatic heterocycles. The minimum absolute atomic E-state index is 0.0978. The normalized spacial score (nSPS) is 11.7. The van der Waals surface area contributed by atoms with Gasteiger partial charge in [0.2, 0.25) is 11.6 Å². The smallest absolute Gasteiger partial charge is 0.333 e. The standard InChI is InChI=1S/C24H25FN4O5S/c1-24(2,3)12-34-17-7-6-13(8-15(17)25)16-11-35-22(26-16)27-18(30)9-14-10-33-21-19(14)20(31)28(4)23(32)29(21)5/h6-8,10-11H,9,12H2,1-5H3,(H,26,27,30). The number of aryl methyl sites for hydroxylation is 1. The molecule has 0 saturated heterocycles. The Hall–Kier alpha value is -3.73. The zero-order chi connectivity index (χ0) is 25.5. The second-order valence-electron chi connectivity index (χ2n) is 9.40. The second kappa shape index (κ2) is 9.14. The molecule has 184 valence electrons. The Bertz CT molecular complexity index is 1540. The van der Waals surface area contributed by atoms with Crippen LogP contribution in [0.5, 0.6) is 5.75 Å². The fraction of sp³-hybridized carbons (Fsp3) is 0.333. The van der Waals surface area contributed by atoms with Gasteiger partial charge in [0.1, 0.15) is 5.39 Å². The summed E-state index contributed by atoms with van der Waals surface area (Å²) in [5.74, 6) is -0.738. The second-order valence-corrected chi connectivity index (χ2v) is 10.3. The van der Waals surface area contributed by atoms with Gasteiger partial charge in [-0.3, -0.25) is 18.7 Å². The SMILES string of the molecule is Cn1c(=O)c2c(CC(=O)Nc3nc(-c4ccc(OCC(C)(C)C)c(F)c4)cs3)coc2n(C)c1=O. The highest BCUT2D eigenvalue weighted by Gasteiger charge is 2.19. The lowest BCUT2D eigenvalue weighted by atomic mass is 9.99. The summed E-state index contributed by atoms with van der Waals surface area (Å²) in [6.07, 6.45) is 1.15. The number of amides is 1. The van der Waals surface area contributed by atoms with Crippen molar-refractivity contribution in [2.24, 2.45) is 19.5 Å². The maximum Gasteiger partial charge on any atom is 0.333 e. The van der Waals surface area contributed by atoms with Crippen molar-refractivity contribution in [3.63, 3.8) is 0 Å². The zero-order valence-electron chi connectivity index (χ0n) is 20.0. The molecule has 1 aromatic carbocycles. The van der Waals surface area contributed by atoms with E-state index in [1.807, 2.05) is 20.8 Å². The van der Waals surface area contributed by atoms with E-state index < -0.39 is 23.0 Å². The van der Waals surface area contributed by atoms with E-state index in [1.165, 1.54) is 42.3 Å². The van der Waals surface area contributed by atoms with Crippen LogP contribution < -0.4 is 21.3 Å². The van der Waals surface area contributed by atoms with E-state index in [2.05, 4.69) is 10.3 Å². The Morgan fingerprint density at radius 2 is 1.97 bits per heavy atom. The van der Waals surface area contributed by atoms with Gasteiger partial charge in [0.05, 0.1) is 25.0 Å². The lowest BCUT2D eigenvalue weighted by molar-refractivity contribution is -0.115. The highest BCUT2D eigenvalue weighted by molar-refractivity contribution is 7.14. The van der Waals surface area contributed by atoms with Crippen molar-refractivity contribution >= 4 is 33.5 Å². The number of hydrogen-bond acceptors (Lipinski definition) is 7. The molecule has 11 heteroatoms. The number of carbonyl (C=O) groups excluding carboxylic acids is 1. The largest absolute Gasteiger partial charge is 0.490 e. The average molecular weight is 501 g/mol. The van der Waals surface area contributed by atoms with Crippen LogP contribution >= 0.6 is 11.3 Å². The van der Waals surface area contributed by atoms with Gasteiger partial charge in [-0.25, -0.2) is 14.2 Å². The first-order valence-electron chi connectivity index (χ1n) is 10.8. The topological polar surface area (TPSA) is 108 Å². The molecule has 0 aliphatic carbocycles. The van der Waals surface area contributed by atoms with Crippen molar-refractivity contribution < 1.29 is 18.3 Å². The fourth-order valence-corrected chi connectivity index (χ4v) is 4.16. The number of rotatable bonds is 6. The molecule has 0 saturated carbocycles. The fourth-order valence-electron chi connectivity index (χ4n) is 3.43. The van der Waals surface area contributed by atoms with Gasteiger partial charge in [-0.2, -0.15) is 0 Å². The summed E-state index contributed by atoms with van der Waals surface area (Å²) >= 11 is 1.19. The summed E-state index contributed by atoms with van der Waals surface area (Å²) in [5, 5.41) is 4.90. The van der Waals surface area contributed by atoms with Crippen LogP contribution in [0.25, 0.3) is 22.4 Å². The number of fused-ring (bicyclic) bond motifs is 1. The predicted molar refractivity (Wildman–Crippen MR) is 131 cm³/mol. The summed E-state index contributed by atoms with van der Waals surface area (Å²) in [6.45, 7) is 6.38. The Morgan fingerprint density at radius 1 is 1.23 bits per heavy atom. The third kappa shape index (κ3) is 5.04. The number of ether oxygens (including phenoxy) is 1. The number of carbonyl (C=O) groups is 1. The molecule has 0 fully saturated rings. The van der Waals surface area contributed by atoms with Crippen molar-refractivity contribution in [1.29, 1.82) is 0 Å². The first kappa shape index (κ1) is 24.4. The van der Waals surface area contributed by atoms with Gasteiger partial charge >= 0.3 is 5.69 Å². The van der Waals surface area contributed by atoms with Crippen LogP contribution in [0.4, 0.5) is 9.52 Å². The van der Waals surface area contributed by atoms with Crippen LogP contribution in [0.1, 0.15) is 26.3 Å². The molecule has 0 bridgehead atoms. The van der Waals surface area contributed by atoms with E-state index >= 15 is 0 Å². The summed E-state index contributed by atoms with van der Waals surface area (Å²) in [4.78, 5) is 41.6. The molecule has 4 rings (SSSR count). The van der Waals surface area contributed by atoms with Crippen LogP contribution in [-0.4, -0.2) is 26.6 Å². The number of thiazole rings is 1. The molecule has 9 nitrogen and oxygen atoms in total. The Morgan fingerprint density at radius 3 is 2.66 bits per heavy atom. The maximum atomic E-state index is 14.5. The third-order valence-corrected chi connectivity index (χ3v) is 5.99.